The quantitative estimate of drug-likeness (QED) is 0.671. The van der Waals surface area contributed by atoms with E-state index in [-0.39, 0.29) is 23.3 Å². The summed E-state index contributed by atoms with van der Waals surface area (Å²) >= 11 is 0. The topological polar surface area (TPSA) is 113 Å². The summed E-state index contributed by atoms with van der Waals surface area (Å²) in [7, 11) is 1.46. The minimum atomic E-state index is -0.547. The molecule has 1 aromatic carbocycles. The van der Waals surface area contributed by atoms with Gasteiger partial charge in [0.2, 0.25) is 17.6 Å². The molecule has 2 rings (SSSR count). The molecule has 0 radical (unpaired) electrons. The van der Waals surface area contributed by atoms with Gasteiger partial charge in [-0.15, -0.1) is 0 Å². The number of nitrogens with zero attached hydrogens (tertiary/aromatic N) is 3. The van der Waals surface area contributed by atoms with E-state index in [1.54, 1.807) is 6.92 Å². The van der Waals surface area contributed by atoms with E-state index < -0.39 is 4.92 Å². The molecule has 2 N–H and O–H groups in total. The number of ether oxygens (including phenoxy) is 2. The van der Waals surface area contributed by atoms with Crippen molar-refractivity contribution >= 4 is 11.6 Å². The van der Waals surface area contributed by atoms with Crippen molar-refractivity contribution in [3.8, 4) is 17.4 Å². The Labute approximate surface area is 114 Å². The number of aryl methyl sites for hydroxylation is 1. The van der Waals surface area contributed by atoms with Gasteiger partial charge in [-0.05, 0) is 13.0 Å². The molecule has 0 unspecified atom stereocenters. The lowest BCUT2D eigenvalue weighted by molar-refractivity contribution is -0.385. The van der Waals surface area contributed by atoms with E-state index in [1.165, 1.54) is 31.5 Å². The predicted molar refractivity (Wildman–Crippen MR) is 70.9 cm³/mol. The highest BCUT2D eigenvalue weighted by molar-refractivity contribution is 5.52. The first-order chi connectivity index (χ1) is 9.51. The van der Waals surface area contributed by atoms with Crippen LogP contribution >= 0.6 is 0 Å². The maximum atomic E-state index is 11.0. The number of anilines is 1. The van der Waals surface area contributed by atoms with Crippen molar-refractivity contribution in [3.63, 3.8) is 0 Å². The highest BCUT2D eigenvalue weighted by atomic mass is 16.6. The Bertz CT molecular complexity index is 660. The van der Waals surface area contributed by atoms with Gasteiger partial charge in [-0.3, -0.25) is 10.1 Å². The minimum Gasteiger partial charge on any atom is -0.497 e. The first-order valence-corrected chi connectivity index (χ1v) is 5.60. The maximum Gasteiger partial charge on any atom is 0.311 e. The Morgan fingerprint density at radius 1 is 1.40 bits per heavy atom. The smallest absolute Gasteiger partial charge is 0.311 e. The van der Waals surface area contributed by atoms with Crippen molar-refractivity contribution in [1.29, 1.82) is 0 Å². The summed E-state index contributed by atoms with van der Waals surface area (Å²) in [6.07, 6.45) is 1.48. The minimum absolute atomic E-state index is 0.0237. The van der Waals surface area contributed by atoms with Crippen LogP contribution in [0.25, 0.3) is 0 Å². The number of rotatable bonds is 4. The summed E-state index contributed by atoms with van der Waals surface area (Å²) in [4.78, 5) is 18.1. The van der Waals surface area contributed by atoms with Crippen LogP contribution < -0.4 is 15.2 Å². The molecule has 0 amide bonds. The highest BCUT2D eigenvalue weighted by Gasteiger charge is 2.18. The fourth-order valence-electron chi connectivity index (χ4n) is 1.50. The molecule has 2 aromatic rings. The lowest BCUT2D eigenvalue weighted by atomic mass is 10.2. The summed E-state index contributed by atoms with van der Waals surface area (Å²) < 4.78 is 10.5. The molecular formula is C12H12N4O4. The second-order valence-corrected chi connectivity index (χ2v) is 3.91. The molecule has 0 saturated heterocycles. The summed E-state index contributed by atoms with van der Waals surface area (Å²) in [5, 5.41) is 11.0. The van der Waals surface area contributed by atoms with E-state index in [0.29, 0.717) is 11.3 Å². The zero-order chi connectivity index (χ0) is 14.7. The first kappa shape index (κ1) is 13.5. The molecule has 0 saturated carbocycles. The van der Waals surface area contributed by atoms with E-state index in [0.717, 1.165) is 0 Å². The van der Waals surface area contributed by atoms with Crippen LogP contribution in [0.1, 0.15) is 5.56 Å². The maximum absolute atomic E-state index is 11.0. The number of aromatic nitrogens is 2. The molecule has 0 fully saturated rings. The Morgan fingerprint density at radius 2 is 2.15 bits per heavy atom. The fourth-order valence-corrected chi connectivity index (χ4v) is 1.50. The number of methoxy groups -OCH3 is 1. The zero-order valence-corrected chi connectivity index (χ0v) is 10.9. The summed E-state index contributed by atoms with van der Waals surface area (Å²) in [5.74, 6) is 0.644. The average molecular weight is 276 g/mol. The Hall–Kier alpha value is -2.90. The van der Waals surface area contributed by atoms with Crippen molar-refractivity contribution < 1.29 is 14.4 Å². The molecule has 0 aliphatic heterocycles. The average Bonchev–Trinajstić information content (AvgIpc) is 2.42. The van der Waals surface area contributed by atoms with E-state index in [4.69, 9.17) is 15.2 Å². The van der Waals surface area contributed by atoms with Gasteiger partial charge in [0.05, 0.1) is 12.0 Å². The van der Waals surface area contributed by atoms with Crippen LogP contribution in [0.15, 0.2) is 24.4 Å². The van der Waals surface area contributed by atoms with Crippen LogP contribution in [-0.4, -0.2) is 22.0 Å². The van der Waals surface area contributed by atoms with Crippen molar-refractivity contribution in [1.82, 2.24) is 9.97 Å². The number of nitrogens with two attached hydrogens (primary N) is 1. The summed E-state index contributed by atoms with van der Waals surface area (Å²) in [6.45, 7) is 1.71. The molecule has 20 heavy (non-hydrogen) atoms. The van der Waals surface area contributed by atoms with E-state index in [1.807, 2.05) is 0 Å². The Balaban J connectivity index is 2.45. The van der Waals surface area contributed by atoms with Gasteiger partial charge in [0.15, 0.2) is 0 Å². The number of nitro benzene ring substituents is 1. The highest BCUT2D eigenvalue weighted by Crippen LogP contribution is 2.34. The van der Waals surface area contributed by atoms with Crippen LogP contribution in [0.4, 0.5) is 11.6 Å². The van der Waals surface area contributed by atoms with E-state index >= 15 is 0 Å². The van der Waals surface area contributed by atoms with Crippen molar-refractivity contribution in [2.45, 2.75) is 6.92 Å². The Kier molecular flexibility index (Phi) is 3.65. The van der Waals surface area contributed by atoms with Gasteiger partial charge in [0.1, 0.15) is 5.75 Å². The molecule has 1 aromatic heterocycles. The predicted octanol–water partition coefficient (Wildman–Crippen LogP) is 2.08. The van der Waals surface area contributed by atoms with Crippen LogP contribution in [0, 0.1) is 17.0 Å². The molecule has 8 nitrogen and oxygen atoms in total. The van der Waals surface area contributed by atoms with Gasteiger partial charge in [-0.25, -0.2) is 4.98 Å². The summed E-state index contributed by atoms with van der Waals surface area (Å²) in [5.41, 5.74) is 5.89. The normalized spacial score (nSPS) is 10.1. The van der Waals surface area contributed by atoms with E-state index in [9.17, 15) is 10.1 Å². The summed E-state index contributed by atoms with van der Waals surface area (Å²) in [6, 6.07) is 4.19. The van der Waals surface area contributed by atoms with Crippen molar-refractivity contribution in [3.05, 3.63) is 40.1 Å². The van der Waals surface area contributed by atoms with Crippen LogP contribution in [0.3, 0.4) is 0 Å². The van der Waals surface area contributed by atoms with Crippen LogP contribution in [0.5, 0.6) is 17.4 Å². The van der Waals surface area contributed by atoms with Crippen molar-refractivity contribution in [2.75, 3.05) is 12.8 Å². The van der Waals surface area contributed by atoms with Gasteiger partial charge in [-0.2, -0.15) is 4.98 Å². The lowest BCUT2D eigenvalue weighted by Crippen LogP contribution is -2.00. The third-order valence-electron chi connectivity index (χ3n) is 2.51. The van der Waals surface area contributed by atoms with E-state index in [2.05, 4.69) is 9.97 Å². The number of nitrogen functional groups attached to an aromatic ring is 1. The van der Waals surface area contributed by atoms with Gasteiger partial charge < -0.3 is 15.2 Å². The number of hydrogen-bond acceptors (Lipinski definition) is 7. The van der Waals surface area contributed by atoms with Gasteiger partial charge in [0.25, 0.3) is 0 Å². The number of benzene rings is 1. The van der Waals surface area contributed by atoms with Crippen molar-refractivity contribution in [2.24, 2.45) is 0 Å². The molecule has 0 aliphatic carbocycles. The molecule has 104 valence electrons. The number of hydrogen-bond donors (Lipinski definition) is 1. The molecule has 0 aliphatic rings. The van der Waals surface area contributed by atoms with Gasteiger partial charge in [0, 0.05) is 23.9 Å². The third-order valence-corrected chi connectivity index (χ3v) is 2.51. The molecule has 0 spiro atoms. The third kappa shape index (κ3) is 2.74. The lowest BCUT2D eigenvalue weighted by Gasteiger charge is -2.09. The second kappa shape index (κ2) is 5.39. The largest absolute Gasteiger partial charge is 0.497 e. The Morgan fingerprint density at radius 3 is 2.80 bits per heavy atom. The molecule has 8 heteroatoms. The van der Waals surface area contributed by atoms with Crippen LogP contribution in [0.2, 0.25) is 0 Å². The van der Waals surface area contributed by atoms with Gasteiger partial charge in [-0.1, -0.05) is 0 Å². The first-order valence-electron chi connectivity index (χ1n) is 5.60. The number of nitro groups is 1. The monoisotopic (exact) mass is 276 g/mol. The molecule has 0 bridgehead atoms. The molecular weight excluding hydrogens is 264 g/mol. The van der Waals surface area contributed by atoms with Gasteiger partial charge >= 0.3 is 5.69 Å². The second-order valence-electron chi connectivity index (χ2n) is 3.91. The standard InChI is InChI=1S/C12H12N4O4/c1-7-6-14-12(13)15-11(7)20-10-5-8(19-2)3-4-9(10)16(17)18/h3-6H,1-2H3,(H2,13,14,15). The molecule has 0 atom stereocenters. The zero-order valence-electron chi connectivity index (χ0n) is 10.9. The van der Waals surface area contributed by atoms with Crippen LogP contribution in [-0.2, 0) is 0 Å². The SMILES string of the molecule is COc1ccc([N+](=O)[O-])c(Oc2nc(N)ncc2C)c1. The molecule has 1 heterocycles. The fraction of sp³-hybridized carbons (Fsp3) is 0.167.